The number of amides is 2. The van der Waals surface area contributed by atoms with Gasteiger partial charge in [0, 0.05) is 16.9 Å². The summed E-state index contributed by atoms with van der Waals surface area (Å²) in [4.78, 5) is 24.5. The molecular weight excluding hydrogens is 354 g/mol. The van der Waals surface area contributed by atoms with Crippen molar-refractivity contribution >= 4 is 39.1 Å². The summed E-state index contributed by atoms with van der Waals surface area (Å²) < 4.78 is 7.83. The third-order valence-corrected chi connectivity index (χ3v) is 4.79. The molecule has 0 radical (unpaired) electrons. The summed E-state index contributed by atoms with van der Waals surface area (Å²) in [5.41, 5.74) is 0.639. The Bertz CT molecular complexity index is 934. The molecule has 0 fully saturated rings. The molecule has 2 aromatic heterocycles. The number of fused-ring (bicyclic) bond motifs is 1. The van der Waals surface area contributed by atoms with Crippen molar-refractivity contribution in [2.75, 3.05) is 11.9 Å². The largest absolute Gasteiger partial charge is 0.462 e. The Hall–Kier alpha value is -2.94. The quantitative estimate of drug-likeness (QED) is 0.647. The zero-order valence-electron chi connectivity index (χ0n) is 14.5. The van der Waals surface area contributed by atoms with Crippen LogP contribution in [0.2, 0.25) is 0 Å². The Balaban J connectivity index is 1.64. The maximum Gasteiger partial charge on any atom is 0.348 e. The summed E-state index contributed by atoms with van der Waals surface area (Å²) in [6, 6.07) is 6.91. The van der Waals surface area contributed by atoms with E-state index in [4.69, 9.17) is 4.74 Å². The Morgan fingerprint density at radius 1 is 1.27 bits per heavy atom. The van der Waals surface area contributed by atoms with E-state index < -0.39 is 0 Å². The highest BCUT2D eigenvalue weighted by Gasteiger charge is 2.12. The van der Waals surface area contributed by atoms with E-state index >= 15 is 0 Å². The summed E-state index contributed by atoms with van der Waals surface area (Å²) in [6.45, 7) is 5.12. The van der Waals surface area contributed by atoms with E-state index in [9.17, 15) is 9.59 Å². The molecule has 0 saturated heterocycles. The number of benzene rings is 1. The number of anilines is 1. The Morgan fingerprint density at radius 2 is 2.12 bits per heavy atom. The fourth-order valence-corrected chi connectivity index (χ4v) is 3.38. The molecule has 0 saturated carbocycles. The molecule has 26 heavy (non-hydrogen) atoms. The summed E-state index contributed by atoms with van der Waals surface area (Å²) in [7, 11) is 0. The first-order chi connectivity index (χ1) is 12.6. The van der Waals surface area contributed by atoms with Gasteiger partial charge in [-0.2, -0.15) is 0 Å². The third kappa shape index (κ3) is 3.99. The zero-order valence-corrected chi connectivity index (χ0v) is 15.3. The van der Waals surface area contributed by atoms with Crippen molar-refractivity contribution in [3.8, 4) is 0 Å². The van der Waals surface area contributed by atoms with Gasteiger partial charge < -0.3 is 19.9 Å². The lowest BCUT2D eigenvalue weighted by molar-refractivity contribution is 0.0532. The normalized spacial score (nSPS) is 10.7. The first kappa shape index (κ1) is 17.9. The maximum absolute atomic E-state index is 12.1. The van der Waals surface area contributed by atoms with Gasteiger partial charge in [0.25, 0.3) is 0 Å². The number of ether oxygens (including phenoxy) is 1. The number of hydrogen-bond acceptors (Lipinski definition) is 6. The number of hydrogen-bond donors (Lipinski definition) is 2. The van der Waals surface area contributed by atoms with Crippen molar-refractivity contribution in [2.45, 2.75) is 26.9 Å². The molecule has 2 heterocycles. The third-order valence-electron chi connectivity index (χ3n) is 3.69. The van der Waals surface area contributed by atoms with Crippen LogP contribution in [0.25, 0.3) is 10.1 Å². The predicted molar refractivity (Wildman–Crippen MR) is 99.3 cm³/mol. The first-order valence-corrected chi connectivity index (χ1v) is 9.04. The number of carbonyl (C=O) groups is 2. The van der Waals surface area contributed by atoms with Gasteiger partial charge >= 0.3 is 12.0 Å². The Morgan fingerprint density at radius 3 is 2.88 bits per heavy atom. The molecular formula is C17H19N5O3S. The minimum absolute atomic E-state index is 0.285. The fraction of sp³-hybridized carbons (Fsp3) is 0.294. The summed E-state index contributed by atoms with van der Waals surface area (Å²) in [5.74, 6) is 0.357. The van der Waals surface area contributed by atoms with E-state index in [0.29, 0.717) is 23.0 Å². The summed E-state index contributed by atoms with van der Waals surface area (Å²) >= 11 is 1.36. The number of esters is 1. The second-order valence-electron chi connectivity index (χ2n) is 5.42. The van der Waals surface area contributed by atoms with Crippen LogP contribution in [-0.4, -0.2) is 33.4 Å². The van der Waals surface area contributed by atoms with Crippen LogP contribution in [-0.2, 0) is 17.8 Å². The predicted octanol–water partition coefficient (Wildman–Crippen LogP) is 3.01. The second kappa shape index (κ2) is 7.96. The molecule has 3 rings (SSSR count). The molecule has 0 aliphatic heterocycles. The number of aromatic nitrogens is 3. The molecule has 136 valence electrons. The van der Waals surface area contributed by atoms with E-state index in [-0.39, 0.29) is 18.5 Å². The highest BCUT2D eigenvalue weighted by atomic mass is 32.1. The molecule has 9 heteroatoms. The van der Waals surface area contributed by atoms with Crippen molar-refractivity contribution in [1.29, 1.82) is 0 Å². The van der Waals surface area contributed by atoms with Crippen LogP contribution in [0.3, 0.4) is 0 Å². The molecule has 2 amide bonds. The maximum atomic E-state index is 12.1. The van der Waals surface area contributed by atoms with Crippen molar-refractivity contribution < 1.29 is 14.3 Å². The minimum atomic E-state index is -0.337. The van der Waals surface area contributed by atoms with Crippen molar-refractivity contribution in [2.24, 2.45) is 0 Å². The van der Waals surface area contributed by atoms with Gasteiger partial charge in [-0.25, -0.2) is 9.59 Å². The highest BCUT2D eigenvalue weighted by Crippen LogP contribution is 2.28. The molecule has 0 bridgehead atoms. The number of rotatable bonds is 6. The van der Waals surface area contributed by atoms with Gasteiger partial charge in [0.2, 0.25) is 0 Å². The Labute approximate surface area is 154 Å². The SMILES string of the molecule is CCOC(=O)c1cc2cc(NC(=O)NCc3nncn3CC)ccc2s1. The number of nitrogens with zero attached hydrogens (tertiary/aromatic N) is 3. The van der Waals surface area contributed by atoms with Crippen LogP contribution in [0.4, 0.5) is 10.5 Å². The van der Waals surface area contributed by atoms with Crippen molar-refractivity contribution in [3.63, 3.8) is 0 Å². The van der Waals surface area contributed by atoms with Crippen molar-refractivity contribution in [1.82, 2.24) is 20.1 Å². The van der Waals surface area contributed by atoms with Crippen LogP contribution in [0, 0.1) is 0 Å². The van der Waals surface area contributed by atoms with Crippen LogP contribution >= 0.6 is 11.3 Å². The lowest BCUT2D eigenvalue weighted by Crippen LogP contribution is -2.29. The van der Waals surface area contributed by atoms with Gasteiger partial charge in [-0.05, 0) is 43.5 Å². The van der Waals surface area contributed by atoms with Gasteiger partial charge in [-0.15, -0.1) is 21.5 Å². The highest BCUT2D eigenvalue weighted by molar-refractivity contribution is 7.20. The molecule has 0 atom stereocenters. The topological polar surface area (TPSA) is 98.1 Å². The van der Waals surface area contributed by atoms with Crippen LogP contribution < -0.4 is 10.6 Å². The summed E-state index contributed by atoms with van der Waals surface area (Å²) in [6.07, 6.45) is 1.63. The number of nitrogens with one attached hydrogen (secondary N) is 2. The average Bonchev–Trinajstić information content (AvgIpc) is 3.26. The van der Waals surface area contributed by atoms with Crippen LogP contribution in [0.5, 0.6) is 0 Å². The molecule has 3 aromatic rings. The average molecular weight is 373 g/mol. The van der Waals surface area contributed by atoms with Gasteiger partial charge in [-0.3, -0.25) is 0 Å². The van der Waals surface area contributed by atoms with Gasteiger partial charge in [0.15, 0.2) is 5.82 Å². The fourth-order valence-electron chi connectivity index (χ4n) is 2.44. The van der Waals surface area contributed by atoms with Gasteiger partial charge in [-0.1, -0.05) is 0 Å². The van der Waals surface area contributed by atoms with Crippen LogP contribution in [0.15, 0.2) is 30.6 Å². The second-order valence-corrected chi connectivity index (χ2v) is 6.51. The lowest BCUT2D eigenvalue weighted by atomic mass is 10.2. The van der Waals surface area contributed by atoms with E-state index in [1.807, 2.05) is 23.6 Å². The molecule has 8 nitrogen and oxygen atoms in total. The zero-order chi connectivity index (χ0) is 18.5. The number of urea groups is 1. The smallest absolute Gasteiger partial charge is 0.348 e. The molecule has 2 N–H and O–H groups in total. The van der Waals surface area contributed by atoms with Crippen LogP contribution in [0.1, 0.15) is 29.3 Å². The Kier molecular flexibility index (Phi) is 5.47. The lowest BCUT2D eigenvalue weighted by Gasteiger charge is -2.08. The standard InChI is InChI=1S/C17H19N5O3S/c1-3-22-10-19-21-15(22)9-18-17(24)20-12-5-6-13-11(7-12)8-14(26-13)16(23)25-4-2/h5-8,10H,3-4,9H2,1-2H3,(H2,18,20,24). The monoisotopic (exact) mass is 373 g/mol. The number of thiophene rings is 1. The van der Waals surface area contributed by atoms with E-state index in [0.717, 1.165) is 16.6 Å². The molecule has 0 spiro atoms. The molecule has 1 aromatic carbocycles. The minimum Gasteiger partial charge on any atom is -0.462 e. The van der Waals surface area contributed by atoms with E-state index in [1.165, 1.54) is 11.3 Å². The molecule has 0 aliphatic rings. The van der Waals surface area contributed by atoms with Gasteiger partial charge in [0.05, 0.1) is 13.2 Å². The molecule has 0 unspecified atom stereocenters. The number of aryl methyl sites for hydroxylation is 1. The van der Waals surface area contributed by atoms with E-state index in [1.54, 1.807) is 25.4 Å². The van der Waals surface area contributed by atoms with Gasteiger partial charge in [0.1, 0.15) is 11.2 Å². The summed E-state index contributed by atoms with van der Waals surface area (Å²) in [5, 5.41) is 14.2. The first-order valence-electron chi connectivity index (χ1n) is 8.23. The molecule has 0 aliphatic carbocycles. The number of carbonyl (C=O) groups excluding carboxylic acids is 2. The van der Waals surface area contributed by atoms with Crippen molar-refractivity contribution in [3.05, 3.63) is 41.3 Å². The van der Waals surface area contributed by atoms with E-state index in [2.05, 4.69) is 20.8 Å².